The molecule has 294 valence electrons. The molecule has 7 heterocycles. The summed E-state index contributed by atoms with van der Waals surface area (Å²) in [6.45, 7) is 8.50. The molecule has 20 nitrogen and oxygen atoms in total. The number of carbonyl (C=O) groups excluding carboxylic acids is 4. The number of carbonyl (C=O) groups is 4. The van der Waals surface area contributed by atoms with Crippen LogP contribution in [0.4, 0.5) is 17.6 Å². The highest BCUT2D eigenvalue weighted by Gasteiger charge is 2.37. The van der Waals surface area contributed by atoms with Crippen LogP contribution in [0.1, 0.15) is 72.9 Å². The molecule has 0 atom stereocenters. The molecule has 0 unspecified atom stereocenters. The predicted molar refractivity (Wildman–Crippen MR) is 211 cm³/mol. The lowest BCUT2D eigenvalue weighted by molar-refractivity contribution is -0.606. The maximum absolute atomic E-state index is 14.7. The molecular formula is C38H39N16O4+. The predicted octanol–water partition coefficient (Wildman–Crippen LogP) is 2.39. The first-order chi connectivity index (χ1) is 28.0. The van der Waals surface area contributed by atoms with E-state index >= 15 is 0 Å². The Balaban J connectivity index is 1.36. The van der Waals surface area contributed by atoms with Gasteiger partial charge in [-0.2, -0.15) is 9.67 Å². The van der Waals surface area contributed by atoms with Gasteiger partial charge < -0.3 is 21.4 Å². The number of nitrogens with one attached hydrogen (secondary N) is 3. The molecule has 0 saturated heterocycles. The summed E-state index contributed by atoms with van der Waals surface area (Å²) in [5.41, 5.74) is 15.7. The van der Waals surface area contributed by atoms with Gasteiger partial charge in [0.15, 0.2) is 17.0 Å². The van der Waals surface area contributed by atoms with E-state index in [-0.39, 0.29) is 47.6 Å². The van der Waals surface area contributed by atoms with Crippen LogP contribution in [0.25, 0.3) is 27.9 Å². The molecule has 0 saturated carbocycles. The number of nitrogens with zero attached hydrogens (tertiary/aromatic N) is 11. The Labute approximate surface area is 329 Å². The normalized spacial score (nSPS) is 13.7. The monoisotopic (exact) mass is 783 g/mol. The number of primary amides is 2. The lowest BCUT2D eigenvalue weighted by Crippen LogP contribution is -2.44. The number of allylic oxidation sites excluding steroid dienone is 2. The molecule has 1 aromatic carbocycles. The number of nitrogens with two attached hydrogens (primary N) is 2. The largest absolute Gasteiger partial charge is 0.378 e. The third-order valence-electron chi connectivity index (χ3n) is 9.76. The maximum Gasteiger partial charge on any atom is 0.331 e. The van der Waals surface area contributed by atoms with Crippen molar-refractivity contribution in [3.63, 3.8) is 0 Å². The summed E-state index contributed by atoms with van der Waals surface area (Å²) in [6, 6.07) is 10.3. The SMILES string of the molecule is CCn1nc(C)c2c1C(=O)Nc1nc3cc(C(N)=O)cc(NCc4ccccn4)c3n1C/C=C/Cn1c(nc3cc(C(N)=O)cnc31)NC(=O)c1n(CC)nc(C)[n+]1-2. The number of aromatic nitrogens is 11. The van der Waals surface area contributed by atoms with Gasteiger partial charge in [-0.15, -0.1) is 4.68 Å². The molecule has 0 aliphatic carbocycles. The fourth-order valence-corrected chi connectivity index (χ4v) is 7.13. The minimum atomic E-state index is -0.675. The number of fused-ring (bicyclic) bond motifs is 9. The number of hydrogen-bond acceptors (Lipinski definition) is 11. The Hall–Kier alpha value is -7.77. The van der Waals surface area contributed by atoms with E-state index in [9.17, 15) is 19.2 Å². The molecule has 1 aliphatic rings. The zero-order valence-corrected chi connectivity index (χ0v) is 32.0. The summed E-state index contributed by atoms with van der Waals surface area (Å²) in [4.78, 5) is 72.2. The van der Waals surface area contributed by atoms with Crippen LogP contribution in [0.15, 0.2) is 60.9 Å². The van der Waals surface area contributed by atoms with Crippen molar-refractivity contribution in [3.05, 3.63) is 101 Å². The number of hydrogen-bond donors (Lipinski definition) is 5. The first kappa shape index (κ1) is 37.2. The molecule has 4 amide bonds. The number of anilines is 3. The Morgan fingerprint density at radius 2 is 1.53 bits per heavy atom. The summed E-state index contributed by atoms with van der Waals surface area (Å²) < 4.78 is 8.20. The first-order valence-electron chi connectivity index (χ1n) is 18.5. The van der Waals surface area contributed by atoms with E-state index in [0.29, 0.717) is 64.7 Å². The van der Waals surface area contributed by atoms with Gasteiger partial charge in [-0.05, 0) is 51.1 Å². The minimum absolute atomic E-state index is 0.106. The van der Waals surface area contributed by atoms with Gasteiger partial charge in [0.1, 0.15) is 12.1 Å². The Kier molecular flexibility index (Phi) is 9.43. The quantitative estimate of drug-likeness (QED) is 0.116. The van der Waals surface area contributed by atoms with Crippen LogP contribution in [-0.2, 0) is 32.7 Å². The highest BCUT2D eigenvalue weighted by Crippen LogP contribution is 2.31. The van der Waals surface area contributed by atoms with E-state index in [1.54, 1.807) is 46.0 Å². The van der Waals surface area contributed by atoms with Crippen molar-refractivity contribution in [2.45, 2.75) is 60.4 Å². The summed E-state index contributed by atoms with van der Waals surface area (Å²) in [6.07, 6.45) is 6.75. The number of rotatable bonds is 7. The van der Waals surface area contributed by atoms with E-state index < -0.39 is 23.6 Å². The van der Waals surface area contributed by atoms with Crippen molar-refractivity contribution < 1.29 is 23.7 Å². The summed E-state index contributed by atoms with van der Waals surface area (Å²) in [7, 11) is 0. The van der Waals surface area contributed by atoms with Gasteiger partial charge in [0.2, 0.25) is 23.7 Å². The highest BCUT2D eigenvalue weighted by molar-refractivity contribution is 6.07. The second kappa shape index (κ2) is 14.7. The van der Waals surface area contributed by atoms with Crippen LogP contribution in [0.5, 0.6) is 0 Å². The standard InChI is InChI=1S/C38H38N16O4/c1-5-52-30-28(20(3)48-52)54-21(4)49-53(6-2)36(54)35(58)47-38-45-27-17-23(32(40)56)18-43-33(27)51(38)14-10-9-13-50-29-25(42-19-24-11-7-8-12-41-24)15-22(31(39)55)16-26(29)44-37(50)46-34(30)57/h7-12,15-18,42H,5-6,13-14,19H2,1-4H3,(H5-,39,40,44,45,46,47,55,56,57,58)/p+1/b10-9+. The van der Waals surface area contributed by atoms with Crippen LogP contribution >= 0.6 is 0 Å². The van der Waals surface area contributed by atoms with Crippen LogP contribution < -0.4 is 32.0 Å². The highest BCUT2D eigenvalue weighted by atomic mass is 16.2. The van der Waals surface area contributed by atoms with Crippen molar-refractivity contribution in [2.24, 2.45) is 11.5 Å². The van der Waals surface area contributed by atoms with E-state index in [1.165, 1.54) is 16.9 Å². The van der Waals surface area contributed by atoms with E-state index in [1.807, 2.05) is 48.8 Å². The third-order valence-corrected chi connectivity index (χ3v) is 9.76. The molecule has 7 aromatic rings. The van der Waals surface area contributed by atoms with Crippen LogP contribution in [0.2, 0.25) is 0 Å². The zero-order chi connectivity index (χ0) is 40.8. The van der Waals surface area contributed by atoms with Gasteiger partial charge in [0.25, 0.3) is 11.7 Å². The fraction of sp³-hybridized carbons (Fsp3) is 0.237. The lowest BCUT2D eigenvalue weighted by atomic mass is 10.1. The first-order valence-corrected chi connectivity index (χ1v) is 18.5. The van der Waals surface area contributed by atoms with Gasteiger partial charge in [-0.25, -0.2) is 15.0 Å². The fourth-order valence-electron chi connectivity index (χ4n) is 7.13. The van der Waals surface area contributed by atoms with Gasteiger partial charge in [0.05, 0.1) is 40.2 Å². The molecule has 8 rings (SSSR count). The van der Waals surface area contributed by atoms with Crippen molar-refractivity contribution in [1.82, 2.24) is 48.6 Å². The molecule has 6 aromatic heterocycles. The second-order valence-electron chi connectivity index (χ2n) is 13.5. The van der Waals surface area contributed by atoms with Gasteiger partial charge >= 0.3 is 11.7 Å². The third kappa shape index (κ3) is 6.44. The Morgan fingerprint density at radius 3 is 2.24 bits per heavy atom. The lowest BCUT2D eigenvalue weighted by Gasteiger charge is -2.14. The van der Waals surface area contributed by atoms with Crippen molar-refractivity contribution in [2.75, 3.05) is 16.0 Å². The molecule has 0 spiro atoms. The molecular weight excluding hydrogens is 745 g/mol. The van der Waals surface area contributed by atoms with Gasteiger partial charge in [-0.3, -0.25) is 44.0 Å². The maximum atomic E-state index is 14.7. The summed E-state index contributed by atoms with van der Waals surface area (Å²) in [5, 5.41) is 18.7. The summed E-state index contributed by atoms with van der Waals surface area (Å²) in [5.74, 6) is -1.61. The van der Waals surface area contributed by atoms with E-state index in [0.717, 1.165) is 5.69 Å². The molecule has 0 radical (unpaired) electrons. The second-order valence-corrected chi connectivity index (χ2v) is 13.5. The summed E-state index contributed by atoms with van der Waals surface area (Å²) >= 11 is 0. The molecule has 0 bridgehead atoms. The van der Waals surface area contributed by atoms with Gasteiger partial charge in [-0.1, -0.05) is 18.2 Å². The topological polar surface area (TPSA) is 257 Å². The molecule has 0 fully saturated rings. The van der Waals surface area contributed by atoms with Crippen LogP contribution in [0.3, 0.4) is 0 Å². The number of imidazole rings is 2. The average molecular weight is 784 g/mol. The van der Waals surface area contributed by atoms with Crippen LogP contribution in [-0.4, -0.2) is 72.3 Å². The Bertz CT molecular complexity index is 2850. The van der Waals surface area contributed by atoms with Crippen molar-refractivity contribution in [1.29, 1.82) is 0 Å². The number of amides is 4. The smallest absolute Gasteiger partial charge is 0.331 e. The number of aryl methyl sites for hydroxylation is 4. The van der Waals surface area contributed by atoms with E-state index in [4.69, 9.17) is 21.5 Å². The zero-order valence-electron chi connectivity index (χ0n) is 32.0. The molecule has 20 heteroatoms. The van der Waals surface area contributed by atoms with Gasteiger partial charge in [0, 0.05) is 49.6 Å². The minimum Gasteiger partial charge on any atom is -0.378 e. The van der Waals surface area contributed by atoms with Crippen molar-refractivity contribution in [3.8, 4) is 5.69 Å². The van der Waals surface area contributed by atoms with Crippen molar-refractivity contribution >= 4 is 63.4 Å². The van der Waals surface area contributed by atoms with Crippen LogP contribution in [0, 0.1) is 13.8 Å². The van der Waals surface area contributed by atoms with E-state index in [2.05, 4.69) is 36.0 Å². The average Bonchev–Trinajstić information content (AvgIpc) is 3.94. The number of pyridine rings is 2. The Morgan fingerprint density at radius 1 is 0.845 bits per heavy atom. The molecule has 7 N–H and O–H groups in total. The molecule has 1 aliphatic heterocycles. The number of benzene rings is 1. The molecule has 58 heavy (non-hydrogen) atoms.